The fraction of sp³-hybridized carbons (Fsp3) is 0.375. The van der Waals surface area contributed by atoms with Gasteiger partial charge in [0.25, 0.3) is 0 Å². The van der Waals surface area contributed by atoms with Crippen LogP contribution in [0.3, 0.4) is 0 Å². The quantitative estimate of drug-likeness (QED) is 0.539. The van der Waals surface area contributed by atoms with Crippen LogP contribution < -0.4 is 4.74 Å². The first-order chi connectivity index (χ1) is 14.6. The molecule has 0 N–H and O–H groups in total. The van der Waals surface area contributed by atoms with Crippen molar-refractivity contribution in [3.63, 3.8) is 0 Å². The topological polar surface area (TPSA) is 55.3 Å². The number of aromatic nitrogens is 2. The molecule has 2 heterocycles. The summed E-state index contributed by atoms with van der Waals surface area (Å²) in [5.41, 5.74) is 3.73. The van der Waals surface area contributed by atoms with Crippen LogP contribution in [0.1, 0.15) is 37.4 Å². The van der Waals surface area contributed by atoms with E-state index in [1.165, 1.54) is 18.2 Å². The highest BCUT2D eigenvalue weighted by Gasteiger charge is 2.23. The normalized spacial score (nSPS) is 16.6. The first-order valence-electron chi connectivity index (χ1n) is 10.4. The highest BCUT2D eigenvalue weighted by molar-refractivity contribution is 7.99. The molecule has 30 heavy (non-hydrogen) atoms. The lowest BCUT2D eigenvalue weighted by Gasteiger charge is -2.33. The van der Waals surface area contributed by atoms with E-state index in [2.05, 4.69) is 13.0 Å². The molecule has 0 saturated carbocycles. The van der Waals surface area contributed by atoms with Crippen molar-refractivity contribution < 1.29 is 9.53 Å². The third-order valence-electron chi connectivity index (χ3n) is 5.57. The molecule has 1 saturated heterocycles. The molecule has 0 aliphatic carbocycles. The number of piperidine rings is 1. The average molecular weight is 422 g/mol. The summed E-state index contributed by atoms with van der Waals surface area (Å²) >= 11 is 1.50. The van der Waals surface area contributed by atoms with Crippen molar-refractivity contribution in [3.05, 3.63) is 59.8 Å². The highest BCUT2D eigenvalue weighted by Crippen LogP contribution is 2.27. The molecule has 0 bridgehead atoms. The number of rotatable bonds is 6. The van der Waals surface area contributed by atoms with Crippen molar-refractivity contribution in [2.24, 2.45) is 0 Å². The molecular formula is C24H27N3O2S. The molecule has 1 atom stereocenters. The van der Waals surface area contributed by atoms with Gasteiger partial charge in [-0.15, -0.1) is 0 Å². The lowest BCUT2D eigenvalue weighted by atomic mass is 10.0. The smallest absolute Gasteiger partial charge is 0.233 e. The maximum atomic E-state index is 12.8. The van der Waals surface area contributed by atoms with Gasteiger partial charge in [0.05, 0.1) is 29.6 Å². The number of ether oxygens (including phenoxy) is 1. The first kappa shape index (κ1) is 20.7. The van der Waals surface area contributed by atoms with E-state index in [1.54, 1.807) is 7.11 Å². The Morgan fingerprint density at radius 2 is 1.93 bits per heavy atom. The maximum absolute atomic E-state index is 12.8. The van der Waals surface area contributed by atoms with Crippen LogP contribution in [-0.2, 0) is 11.2 Å². The maximum Gasteiger partial charge on any atom is 0.233 e. The molecule has 0 radical (unpaired) electrons. The molecule has 5 nitrogen and oxygen atoms in total. The van der Waals surface area contributed by atoms with Crippen molar-refractivity contribution in [2.75, 3.05) is 19.4 Å². The number of para-hydroxylation sites is 2. The van der Waals surface area contributed by atoms with E-state index < -0.39 is 0 Å². The zero-order chi connectivity index (χ0) is 20.9. The minimum absolute atomic E-state index is 0.189. The van der Waals surface area contributed by atoms with Crippen molar-refractivity contribution in [3.8, 4) is 5.75 Å². The summed E-state index contributed by atoms with van der Waals surface area (Å²) in [7, 11) is 1.67. The fourth-order valence-corrected chi connectivity index (χ4v) is 4.78. The van der Waals surface area contributed by atoms with Crippen LogP contribution in [0.15, 0.2) is 53.6 Å². The van der Waals surface area contributed by atoms with E-state index in [-0.39, 0.29) is 5.91 Å². The van der Waals surface area contributed by atoms with Crippen molar-refractivity contribution >= 4 is 28.7 Å². The Bertz CT molecular complexity index is 1040. The largest absolute Gasteiger partial charge is 0.497 e. The lowest BCUT2D eigenvalue weighted by molar-refractivity contribution is -0.131. The molecule has 4 rings (SSSR count). The number of hydrogen-bond donors (Lipinski definition) is 0. The lowest BCUT2D eigenvalue weighted by Crippen LogP contribution is -2.42. The fourth-order valence-electron chi connectivity index (χ4n) is 3.91. The third kappa shape index (κ3) is 4.75. The van der Waals surface area contributed by atoms with E-state index in [0.717, 1.165) is 52.5 Å². The van der Waals surface area contributed by atoms with Crippen LogP contribution in [0.2, 0.25) is 0 Å². The highest BCUT2D eigenvalue weighted by atomic mass is 32.2. The molecule has 1 aliphatic rings. The second-order valence-electron chi connectivity index (χ2n) is 7.71. The van der Waals surface area contributed by atoms with Gasteiger partial charge >= 0.3 is 0 Å². The number of likely N-dealkylation sites (tertiary alicyclic amines) is 1. The number of methoxy groups -OCH3 is 1. The molecule has 6 heteroatoms. The number of amides is 1. The van der Waals surface area contributed by atoms with Crippen molar-refractivity contribution in [1.82, 2.24) is 14.9 Å². The predicted molar refractivity (Wildman–Crippen MR) is 121 cm³/mol. The molecule has 1 aromatic heterocycles. The number of carbonyl (C=O) groups excluding carboxylic acids is 1. The number of nitrogens with zero attached hydrogens (tertiary/aromatic N) is 3. The van der Waals surface area contributed by atoms with Crippen molar-refractivity contribution in [2.45, 2.75) is 43.7 Å². The number of benzene rings is 2. The summed E-state index contributed by atoms with van der Waals surface area (Å²) in [6, 6.07) is 16.2. The SMILES string of the molecule is COc1cccc(Cc2nc3ccccc3nc2SCC(=O)N2CCCC[C@H]2C)c1. The minimum Gasteiger partial charge on any atom is -0.497 e. The van der Waals surface area contributed by atoms with Gasteiger partial charge < -0.3 is 9.64 Å². The predicted octanol–water partition coefficient (Wildman–Crippen LogP) is 4.72. The molecule has 0 spiro atoms. The summed E-state index contributed by atoms with van der Waals surface area (Å²) < 4.78 is 5.36. The number of hydrogen-bond acceptors (Lipinski definition) is 5. The molecule has 3 aromatic rings. The Morgan fingerprint density at radius 1 is 1.13 bits per heavy atom. The van der Waals surface area contributed by atoms with E-state index >= 15 is 0 Å². The van der Waals surface area contributed by atoms with Gasteiger partial charge in [-0.05, 0) is 56.0 Å². The summed E-state index contributed by atoms with van der Waals surface area (Å²) in [6.45, 7) is 3.01. The Balaban J connectivity index is 1.58. The zero-order valence-electron chi connectivity index (χ0n) is 17.5. The first-order valence-corrected chi connectivity index (χ1v) is 11.4. The van der Waals surface area contributed by atoms with Crippen LogP contribution in [0.4, 0.5) is 0 Å². The Kier molecular flexibility index (Phi) is 6.53. The van der Waals surface area contributed by atoms with Crippen LogP contribution in [-0.4, -0.2) is 46.2 Å². The summed E-state index contributed by atoms with van der Waals surface area (Å²) in [6.07, 6.45) is 4.04. The Labute approximate surface area is 181 Å². The standard InChI is InChI=1S/C24H27N3O2S/c1-17-8-5-6-13-27(17)23(28)16-30-24-22(15-18-9-7-10-19(14-18)29-2)25-20-11-3-4-12-21(20)26-24/h3-4,7,9-12,14,17H,5-6,8,13,15-16H2,1-2H3/t17-/m1/s1. The van der Waals surface area contributed by atoms with E-state index in [1.807, 2.05) is 47.4 Å². The molecular weight excluding hydrogens is 394 g/mol. The van der Waals surface area contributed by atoms with E-state index in [9.17, 15) is 4.79 Å². The molecule has 2 aromatic carbocycles. The van der Waals surface area contributed by atoms with Crippen LogP contribution in [0.5, 0.6) is 5.75 Å². The number of carbonyl (C=O) groups is 1. The Morgan fingerprint density at radius 3 is 2.70 bits per heavy atom. The van der Waals surface area contributed by atoms with Crippen LogP contribution >= 0.6 is 11.8 Å². The molecule has 0 unspecified atom stereocenters. The number of fused-ring (bicyclic) bond motifs is 1. The van der Waals surface area contributed by atoms with Gasteiger partial charge in [-0.3, -0.25) is 4.79 Å². The van der Waals surface area contributed by atoms with Crippen molar-refractivity contribution in [1.29, 1.82) is 0 Å². The van der Waals surface area contributed by atoms with Crippen LogP contribution in [0, 0.1) is 0 Å². The minimum atomic E-state index is 0.189. The summed E-state index contributed by atoms with van der Waals surface area (Å²) in [5.74, 6) is 1.40. The molecule has 156 valence electrons. The van der Waals surface area contributed by atoms with Gasteiger partial charge in [0.15, 0.2) is 0 Å². The second-order valence-corrected chi connectivity index (χ2v) is 8.68. The molecule has 1 fully saturated rings. The van der Waals surface area contributed by atoms with Gasteiger partial charge in [-0.1, -0.05) is 36.0 Å². The third-order valence-corrected chi connectivity index (χ3v) is 6.56. The van der Waals surface area contributed by atoms with Gasteiger partial charge in [-0.2, -0.15) is 0 Å². The summed E-state index contributed by atoms with van der Waals surface area (Å²) in [4.78, 5) is 24.6. The van der Waals surface area contributed by atoms with Crippen LogP contribution in [0.25, 0.3) is 11.0 Å². The van der Waals surface area contributed by atoms with Gasteiger partial charge in [0, 0.05) is 19.0 Å². The summed E-state index contributed by atoms with van der Waals surface area (Å²) in [5, 5.41) is 0.828. The second kappa shape index (κ2) is 9.47. The molecule has 1 aliphatic heterocycles. The van der Waals surface area contributed by atoms with Gasteiger partial charge in [0.2, 0.25) is 5.91 Å². The van der Waals surface area contributed by atoms with Gasteiger partial charge in [-0.25, -0.2) is 9.97 Å². The monoisotopic (exact) mass is 421 g/mol. The number of thioether (sulfide) groups is 1. The Hall–Kier alpha value is -2.60. The van der Waals surface area contributed by atoms with E-state index in [4.69, 9.17) is 14.7 Å². The zero-order valence-corrected chi connectivity index (χ0v) is 18.3. The molecule has 1 amide bonds. The average Bonchev–Trinajstić information content (AvgIpc) is 2.78. The van der Waals surface area contributed by atoms with Gasteiger partial charge in [0.1, 0.15) is 10.8 Å². The van der Waals surface area contributed by atoms with E-state index in [0.29, 0.717) is 18.2 Å².